The van der Waals surface area contributed by atoms with Crippen LogP contribution in [-0.4, -0.2) is 25.0 Å². The van der Waals surface area contributed by atoms with Crippen molar-refractivity contribution in [1.82, 2.24) is 4.98 Å². The van der Waals surface area contributed by atoms with Gasteiger partial charge in [-0.3, -0.25) is 4.79 Å². The van der Waals surface area contributed by atoms with Gasteiger partial charge in [0.2, 0.25) is 5.91 Å². The maximum absolute atomic E-state index is 11.3. The van der Waals surface area contributed by atoms with Crippen LogP contribution in [0.3, 0.4) is 0 Å². The fourth-order valence-corrected chi connectivity index (χ4v) is 2.22. The number of hydrogen-bond donors (Lipinski definition) is 1. The van der Waals surface area contributed by atoms with Crippen molar-refractivity contribution in [2.45, 2.75) is 6.42 Å². The van der Waals surface area contributed by atoms with Crippen LogP contribution < -0.4 is 10.2 Å². The number of aromatic nitrogens is 1. The van der Waals surface area contributed by atoms with Crippen LogP contribution in [0.4, 0.5) is 11.5 Å². The first-order chi connectivity index (χ1) is 9.13. The van der Waals surface area contributed by atoms with E-state index in [9.17, 15) is 4.79 Å². The van der Waals surface area contributed by atoms with Gasteiger partial charge in [0.25, 0.3) is 0 Å². The lowest BCUT2D eigenvalue weighted by Crippen LogP contribution is -2.07. The van der Waals surface area contributed by atoms with Crippen LogP contribution in [0.15, 0.2) is 36.5 Å². The highest BCUT2D eigenvalue weighted by atomic mass is 16.1. The van der Waals surface area contributed by atoms with Gasteiger partial charge in [0.15, 0.2) is 0 Å². The van der Waals surface area contributed by atoms with E-state index in [0.29, 0.717) is 12.2 Å². The summed E-state index contributed by atoms with van der Waals surface area (Å²) in [4.78, 5) is 17.7. The molecule has 3 rings (SSSR count). The number of pyridine rings is 1. The molecule has 96 valence electrons. The van der Waals surface area contributed by atoms with Gasteiger partial charge in [-0.25, -0.2) is 4.98 Å². The number of carbonyl (C=O) groups is 1. The number of hydrogen-bond acceptors (Lipinski definition) is 3. The van der Waals surface area contributed by atoms with E-state index < -0.39 is 0 Å². The van der Waals surface area contributed by atoms with Crippen molar-refractivity contribution in [3.05, 3.63) is 42.1 Å². The van der Waals surface area contributed by atoms with Gasteiger partial charge in [-0.2, -0.15) is 0 Å². The standard InChI is InChI=1S/C15H15N3O/c1-18(2)13-5-3-10(4-6-13)12-7-11-8-14(19)17-15(11)16-9-12/h3-7,9H,8H2,1-2H3,(H,16,17,19). The first-order valence-corrected chi connectivity index (χ1v) is 6.20. The first kappa shape index (κ1) is 11.7. The van der Waals surface area contributed by atoms with Gasteiger partial charge < -0.3 is 10.2 Å². The van der Waals surface area contributed by atoms with Gasteiger partial charge >= 0.3 is 0 Å². The molecule has 1 aliphatic heterocycles. The zero-order valence-corrected chi connectivity index (χ0v) is 11.0. The summed E-state index contributed by atoms with van der Waals surface area (Å²) in [6.45, 7) is 0. The van der Waals surface area contributed by atoms with E-state index in [4.69, 9.17) is 0 Å². The summed E-state index contributed by atoms with van der Waals surface area (Å²) in [6.07, 6.45) is 2.22. The fourth-order valence-electron chi connectivity index (χ4n) is 2.22. The quantitative estimate of drug-likeness (QED) is 0.893. The molecule has 1 amide bonds. The second kappa shape index (κ2) is 4.39. The Bertz CT molecular complexity index is 632. The molecule has 4 heteroatoms. The maximum Gasteiger partial charge on any atom is 0.230 e. The summed E-state index contributed by atoms with van der Waals surface area (Å²) in [5.41, 5.74) is 4.29. The number of anilines is 2. The van der Waals surface area contributed by atoms with Gasteiger partial charge in [0.1, 0.15) is 5.82 Å². The lowest BCUT2D eigenvalue weighted by Gasteiger charge is -2.12. The lowest BCUT2D eigenvalue weighted by molar-refractivity contribution is -0.115. The highest BCUT2D eigenvalue weighted by molar-refractivity contribution is 5.98. The number of fused-ring (bicyclic) bond motifs is 1. The Labute approximate surface area is 112 Å². The fraction of sp³-hybridized carbons (Fsp3) is 0.200. The van der Waals surface area contributed by atoms with E-state index in [1.807, 2.05) is 20.2 Å². The summed E-state index contributed by atoms with van der Waals surface area (Å²) in [5, 5.41) is 2.74. The number of nitrogens with one attached hydrogen (secondary N) is 1. The van der Waals surface area contributed by atoms with Crippen molar-refractivity contribution in [2.75, 3.05) is 24.3 Å². The van der Waals surface area contributed by atoms with Crippen LogP contribution in [0.1, 0.15) is 5.56 Å². The highest BCUT2D eigenvalue weighted by Crippen LogP contribution is 2.27. The molecule has 0 unspecified atom stereocenters. The summed E-state index contributed by atoms with van der Waals surface area (Å²) < 4.78 is 0. The largest absolute Gasteiger partial charge is 0.378 e. The molecule has 1 aromatic carbocycles. The number of carbonyl (C=O) groups excluding carboxylic acids is 1. The third-order valence-corrected chi connectivity index (χ3v) is 3.29. The Morgan fingerprint density at radius 3 is 2.58 bits per heavy atom. The Morgan fingerprint density at radius 1 is 1.16 bits per heavy atom. The van der Waals surface area contributed by atoms with Gasteiger partial charge in [0, 0.05) is 37.1 Å². The molecular formula is C15H15N3O. The van der Waals surface area contributed by atoms with Crippen molar-refractivity contribution < 1.29 is 4.79 Å². The molecule has 0 bridgehead atoms. The molecule has 0 atom stereocenters. The minimum absolute atomic E-state index is 0.0163. The van der Waals surface area contributed by atoms with Crippen LogP contribution in [0.5, 0.6) is 0 Å². The number of benzene rings is 1. The highest BCUT2D eigenvalue weighted by Gasteiger charge is 2.19. The molecular weight excluding hydrogens is 238 g/mol. The van der Waals surface area contributed by atoms with Crippen LogP contribution in [0.25, 0.3) is 11.1 Å². The molecule has 0 aliphatic carbocycles. The summed E-state index contributed by atoms with van der Waals surface area (Å²) in [6, 6.07) is 10.3. The lowest BCUT2D eigenvalue weighted by atomic mass is 10.0. The summed E-state index contributed by atoms with van der Waals surface area (Å²) in [7, 11) is 4.03. The number of nitrogens with zero attached hydrogens (tertiary/aromatic N) is 2. The summed E-state index contributed by atoms with van der Waals surface area (Å²) in [5.74, 6) is 0.710. The maximum atomic E-state index is 11.3. The molecule has 19 heavy (non-hydrogen) atoms. The van der Waals surface area contributed by atoms with Crippen molar-refractivity contribution >= 4 is 17.4 Å². The van der Waals surface area contributed by atoms with Gasteiger partial charge in [0.05, 0.1) is 6.42 Å². The predicted octanol–water partition coefficient (Wildman–Crippen LogP) is 2.31. The molecule has 1 N–H and O–H groups in total. The topological polar surface area (TPSA) is 45.2 Å². The average Bonchev–Trinajstić information content (AvgIpc) is 2.77. The third-order valence-electron chi connectivity index (χ3n) is 3.29. The zero-order valence-electron chi connectivity index (χ0n) is 11.0. The van der Waals surface area contributed by atoms with E-state index >= 15 is 0 Å². The molecule has 0 saturated carbocycles. The number of rotatable bonds is 2. The summed E-state index contributed by atoms with van der Waals surface area (Å²) >= 11 is 0. The molecule has 1 aliphatic rings. The van der Waals surface area contributed by atoms with Crippen molar-refractivity contribution in [3.8, 4) is 11.1 Å². The molecule has 2 heterocycles. The minimum Gasteiger partial charge on any atom is -0.378 e. The molecule has 2 aromatic rings. The Kier molecular flexibility index (Phi) is 2.71. The van der Waals surface area contributed by atoms with Gasteiger partial charge in [-0.05, 0) is 23.8 Å². The van der Waals surface area contributed by atoms with E-state index in [2.05, 4.69) is 39.5 Å². The van der Waals surface area contributed by atoms with Crippen molar-refractivity contribution in [2.24, 2.45) is 0 Å². The number of amides is 1. The van der Waals surface area contributed by atoms with E-state index in [1.54, 1.807) is 6.20 Å². The third kappa shape index (κ3) is 2.17. The molecule has 0 fully saturated rings. The normalized spacial score (nSPS) is 13.1. The molecule has 0 spiro atoms. The molecule has 0 saturated heterocycles. The minimum atomic E-state index is 0.0163. The Hall–Kier alpha value is -2.36. The van der Waals surface area contributed by atoms with Crippen LogP contribution in [0.2, 0.25) is 0 Å². The van der Waals surface area contributed by atoms with Crippen molar-refractivity contribution in [3.63, 3.8) is 0 Å². The van der Waals surface area contributed by atoms with Crippen molar-refractivity contribution in [1.29, 1.82) is 0 Å². The SMILES string of the molecule is CN(C)c1ccc(-c2cnc3c(c2)CC(=O)N3)cc1. The molecule has 4 nitrogen and oxygen atoms in total. The van der Waals surface area contributed by atoms with E-state index in [-0.39, 0.29) is 5.91 Å². The average molecular weight is 253 g/mol. The zero-order chi connectivity index (χ0) is 13.4. The van der Waals surface area contributed by atoms with E-state index in [0.717, 1.165) is 22.4 Å². The van der Waals surface area contributed by atoms with Gasteiger partial charge in [-0.1, -0.05) is 12.1 Å². The predicted molar refractivity (Wildman–Crippen MR) is 76.3 cm³/mol. The van der Waals surface area contributed by atoms with Gasteiger partial charge in [-0.15, -0.1) is 0 Å². The molecule has 0 radical (unpaired) electrons. The molecule has 1 aromatic heterocycles. The van der Waals surface area contributed by atoms with Crippen LogP contribution >= 0.6 is 0 Å². The second-order valence-electron chi connectivity index (χ2n) is 4.90. The first-order valence-electron chi connectivity index (χ1n) is 6.20. The smallest absolute Gasteiger partial charge is 0.230 e. The Morgan fingerprint density at radius 2 is 1.89 bits per heavy atom. The second-order valence-corrected chi connectivity index (χ2v) is 4.90. The van der Waals surface area contributed by atoms with Crippen LogP contribution in [0, 0.1) is 0 Å². The monoisotopic (exact) mass is 253 g/mol. The van der Waals surface area contributed by atoms with E-state index in [1.165, 1.54) is 0 Å². The van der Waals surface area contributed by atoms with Crippen LogP contribution in [-0.2, 0) is 11.2 Å². The Balaban J connectivity index is 1.95.